The zero-order chi connectivity index (χ0) is 12.8. The molecule has 0 radical (unpaired) electrons. The summed E-state index contributed by atoms with van der Waals surface area (Å²) in [5.74, 6) is 5.78. The minimum atomic E-state index is -0.0808. The van der Waals surface area contributed by atoms with Crippen LogP contribution in [0.2, 0.25) is 0 Å². The highest BCUT2D eigenvalue weighted by Gasteiger charge is 2.18. The maximum atomic E-state index is 11.5. The summed E-state index contributed by atoms with van der Waals surface area (Å²) in [7, 11) is 0. The average Bonchev–Trinajstić information content (AvgIpc) is 2.76. The van der Waals surface area contributed by atoms with Crippen LogP contribution in [-0.2, 0) is 6.54 Å². The van der Waals surface area contributed by atoms with Crippen LogP contribution in [-0.4, -0.2) is 18.6 Å². The molecule has 1 aromatic rings. The molecule has 18 heavy (non-hydrogen) atoms. The third-order valence-corrected chi connectivity index (χ3v) is 3.79. The lowest BCUT2D eigenvalue weighted by Gasteiger charge is -2.26. The van der Waals surface area contributed by atoms with Crippen molar-refractivity contribution in [2.45, 2.75) is 31.8 Å². The lowest BCUT2D eigenvalue weighted by atomic mass is 9.93. The Bertz CT molecular complexity index is 468. The Morgan fingerprint density at radius 2 is 2.39 bits per heavy atom. The first-order valence-electron chi connectivity index (χ1n) is 6.08. The van der Waals surface area contributed by atoms with Crippen LogP contribution in [0.3, 0.4) is 0 Å². The van der Waals surface area contributed by atoms with Crippen molar-refractivity contribution in [3.8, 4) is 11.8 Å². The van der Waals surface area contributed by atoms with E-state index < -0.39 is 0 Å². The normalized spacial score (nSPS) is 14.3. The van der Waals surface area contributed by atoms with Crippen LogP contribution in [0.4, 0.5) is 4.79 Å². The summed E-state index contributed by atoms with van der Waals surface area (Å²) in [5, 5.41) is 7.77. The molecular weight excluding hydrogens is 246 g/mol. The van der Waals surface area contributed by atoms with Crippen molar-refractivity contribution >= 4 is 17.4 Å². The van der Waals surface area contributed by atoms with Crippen LogP contribution in [0.15, 0.2) is 11.4 Å². The first kappa shape index (κ1) is 12.9. The number of amides is 2. The van der Waals surface area contributed by atoms with Gasteiger partial charge in [0.2, 0.25) is 0 Å². The quantitative estimate of drug-likeness (QED) is 0.722. The maximum Gasteiger partial charge on any atom is 0.315 e. The van der Waals surface area contributed by atoms with E-state index in [1.54, 1.807) is 11.3 Å². The minimum Gasteiger partial charge on any atom is -0.335 e. The highest BCUT2D eigenvalue weighted by molar-refractivity contribution is 7.10. The van der Waals surface area contributed by atoms with Gasteiger partial charge in [0, 0.05) is 21.9 Å². The number of rotatable bonds is 3. The van der Waals surface area contributed by atoms with Gasteiger partial charge in [0.25, 0.3) is 0 Å². The van der Waals surface area contributed by atoms with Crippen molar-refractivity contribution < 1.29 is 4.79 Å². The Balaban J connectivity index is 1.75. The van der Waals surface area contributed by atoms with E-state index in [1.165, 1.54) is 6.42 Å². The van der Waals surface area contributed by atoms with Gasteiger partial charge in [0.1, 0.15) is 0 Å². The predicted octanol–water partition coefficient (Wildman–Crippen LogP) is 1.41. The third-order valence-electron chi connectivity index (χ3n) is 2.85. The molecule has 0 bridgehead atoms. The number of hydrogen-bond donors (Lipinski definition) is 3. The van der Waals surface area contributed by atoms with Crippen molar-refractivity contribution in [2.75, 3.05) is 6.54 Å². The fourth-order valence-electron chi connectivity index (χ4n) is 1.65. The molecule has 0 atom stereocenters. The molecule has 1 aliphatic rings. The Morgan fingerprint density at radius 1 is 1.56 bits per heavy atom. The Hall–Kier alpha value is -1.51. The van der Waals surface area contributed by atoms with Crippen LogP contribution in [0.1, 0.15) is 29.7 Å². The third kappa shape index (κ3) is 3.76. The molecule has 4 nitrogen and oxygen atoms in total. The van der Waals surface area contributed by atoms with Crippen molar-refractivity contribution in [1.29, 1.82) is 0 Å². The number of carbonyl (C=O) groups is 1. The lowest BCUT2D eigenvalue weighted by molar-refractivity contribution is 0.228. The van der Waals surface area contributed by atoms with Gasteiger partial charge < -0.3 is 16.4 Å². The molecule has 0 unspecified atom stereocenters. The largest absolute Gasteiger partial charge is 0.335 e. The topological polar surface area (TPSA) is 67.1 Å². The lowest BCUT2D eigenvalue weighted by Crippen LogP contribution is -2.44. The summed E-state index contributed by atoms with van der Waals surface area (Å²) in [5.41, 5.74) is 6.27. The van der Waals surface area contributed by atoms with Gasteiger partial charge in [-0.25, -0.2) is 4.79 Å². The van der Waals surface area contributed by atoms with E-state index in [9.17, 15) is 4.79 Å². The van der Waals surface area contributed by atoms with Gasteiger partial charge >= 0.3 is 6.03 Å². The molecule has 0 spiro atoms. The maximum absolute atomic E-state index is 11.5. The second-order valence-electron chi connectivity index (χ2n) is 4.26. The number of carbonyl (C=O) groups excluding carboxylic acids is 1. The molecule has 0 saturated heterocycles. The standard InChI is InChI=1S/C13H17N3OS/c14-6-2-3-10-7-12(18-9-10)8-15-13(17)16-11-4-1-5-11/h7,9,11H,1,4-6,8,14H2,(H2,15,16,17). The fraction of sp³-hybridized carbons (Fsp3) is 0.462. The SMILES string of the molecule is NCC#Cc1csc(CNC(=O)NC2CCC2)c1. The van der Waals surface area contributed by atoms with Crippen LogP contribution >= 0.6 is 11.3 Å². The number of hydrogen-bond acceptors (Lipinski definition) is 3. The Kier molecular flexibility index (Phi) is 4.62. The van der Waals surface area contributed by atoms with Crippen LogP contribution in [0.5, 0.6) is 0 Å². The number of thiophene rings is 1. The van der Waals surface area contributed by atoms with E-state index in [-0.39, 0.29) is 6.03 Å². The summed E-state index contributed by atoms with van der Waals surface area (Å²) < 4.78 is 0. The molecule has 1 heterocycles. The van der Waals surface area contributed by atoms with Crippen LogP contribution < -0.4 is 16.4 Å². The van der Waals surface area contributed by atoms with Crippen molar-refractivity contribution in [3.63, 3.8) is 0 Å². The molecule has 1 saturated carbocycles. The highest BCUT2D eigenvalue weighted by atomic mass is 32.1. The number of nitrogens with one attached hydrogen (secondary N) is 2. The van der Waals surface area contributed by atoms with Gasteiger partial charge in [-0.2, -0.15) is 0 Å². The smallest absolute Gasteiger partial charge is 0.315 e. The molecular formula is C13H17N3OS. The second kappa shape index (κ2) is 6.43. The molecule has 1 fully saturated rings. The van der Waals surface area contributed by atoms with Crippen molar-refractivity contribution in [1.82, 2.24) is 10.6 Å². The van der Waals surface area contributed by atoms with E-state index in [1.807, 2.05) is 11.4 Å². The minimum absolute atomic E-state index is 0.0808. The summed E-state index contributed by atoms with van der Waals surface area (Å²) >= 11 is 1.59. The molecule has 5 heteroatoms. The van der Waals surface area contributed by atoms with Crippen molar-refractivity contribution in [2.24, 2.45) is 5.73 Å². The van der Waals surface area contributed by atoms with Crippen LogP contribution in [0.25, 0.3) is 0 Å². The van der Waals surface area contributed by atoms with Crippen LogP contribution in [0, 0.1) is 11.8 Å². The Labute approximate surface area is 111 Å². The summed E-state index contributed by atoms with van der Waals surface area (Å²) in [6.07, 6.45) is 3.43. The molecule has 96 valence electrons. The van der Waals surface area contributed by atoms with E-state index in [0.717, 1.165) is 23.3 Å². The Morgan fingerprint density at radius 3 is 3.06 bits per heavy atom. The number of nitrogens with two attached hydrogens (primary N) is 1. The first-order chi connectivity index (χ1) is 8.78. The number of urea groups is 1. The molecule has 1 aromatic heterocycles. The monoisotopic (exact) mass is 263 g/mol. The molecule has 0 aliphatic heterocycles. The molecule has 2 rings (SSSR count). The highest BCUT2D eigenvalue weighted by Crippen LogP contribution is 2.18. The second-order valence-corrected chi connectivity index (χ2v) is 5.26. The average molecular weight is 263 g/mol. The first-order valence-corrected chi connectivity index (χ1v) is 6.96. The van der Waals surface area contributed by atoms with Gasteiger partial charge in [0.15, 0.2) is 0 Å². The van der Waals surface area contributed by atoms with Gasteiger partial charge in [0.05, 0.1) is 13.1 Å². The van der Waals surface area contributed by atoms with Gasteiger partial charge in [-0.3, -0.25) is 0 Å². The molecule has 0 aromatic carbocycles. The molecule has 4 N–H and O–H groups in total. The van der Waals surface area contributed by atoms with Gasteiger partial charge in [-0.1, -0.05) is 11.8 Å². The van der Waals surface area contributed by atoms with E-state index >= 15 is 0 Å². The van der Waals surface area contributed by atoms with Gasteiger partial charge in [-0.15, -0.1) is 11.3 Å². The summed E-state index contributed by atoms with van der Waals surface area (Å²) in [6.45, 7) is 0.917. The predicted molar refractivity (Wildman–Crippen MR) is 73.3 cm³/mol. The van der Waals surface area contributed by atoms with Crippen molar-refractivity contribution in [3.05, 3.63) is 21.9 Å². The summed E-state index contributed by atoms with van der Waals surface area (Å²) in [6, 6.07) is 2.28. The zero-order valence-corrected chi connectivity index (χ0v) is 11.0. The molecule has 1 aliphatic carbocycles. The van der Waals surface area contributed by atoms with Gasteiger partial charge in [-0.05, 0) is 25.3 Å². The van der Waals surface area contributed by atoms with E-state index in [2.05, 4.69) is 22.5 Å². The van der Waals surface area contributed by atoms with E-state index in [0.29, 0.717) is 19.1 Å². The fourth-order valence-corrected chi connectivity index (χ4v) is 2.40. The summed E-state index contributed by atoms with van der Waals surface area (Å²) in [4.78, 5) is 12.6. The molecule has 2 amide bonds. The van der Waals surface area contributed by atoms with E-state index in [4.69, 9.17) is 5.73 Å². The zero-order valence-electron chi connectivity index (χ0n) is 10.2.